The molecule has 1 aliphatic carbocycles. The Morgan fingerprint density at radius 2 is 1.82 bits per heavy atom. The molecule has 0 bridgehead atoms. The Balaban J connectivity index is 1.33. The molecule has 40 heavy (non-hydrogen) atoms. The molecule has 1 aromatic carbocycles. The molecular weight excluding hydrogens is 520 g/mol. The van der Waals surface area contributed by atoms with Crippen molar-refractivity contribution in [2.45, 2.75) is 44.3 Å². The minimum absolute atomic E-state index is 0.336. The van der Waals surface area contributed by atoms with Gasteiger partial charge in [0.1, 0.15) is 11.6 Å². The van der Waals surface area contributed by atoms with Crippen LogP contribution in [0.25, 0.3) is 16.9 Å². The first-order valence-electron chi connectivity index (χ1n) is 14.0. The fraction of sp³-hybridized carbons (Fsp3) is 0.607. The van der Waals surface area contributed by atoms with Gasteiger partial charge in [-0.15, -0.1) is 0 Å². The maximum atomic E-state index is 14.1. The van der Waals surface area contributed by atoms with Crippen LogP contribution in [0.2, 0.25) is 0 Å². The second-order valence-corrected chi connectivity index (χ2v) is 10.7. The lowest BCUT2D eigenvalue weighted by Gasteiger charge is -2.35. The molecule has 3 heterocycles. The summed E-state index contributed by atoms with van der Waals surface area (Å²) in [6, 6.07) is 9.29. The minimum atomic E-state index is -2.76. The number of benzene rings is 1. The Morgan fingerprint density at radius 3 is 2.55 bits per heavy atom. The van der Waals surface area contributed by atoms with Crippen molar-refractivity contribution >= 4 is 22.8 Å². The van der Waals surface area contributed by atoms with Gasteiger partial charge in [0.2, 0.25) is 5.95 Å². The zero-order valence-corrected chi connectivity index (χ0v) is 23.2. The summed E-state index contributed by atoms with van der Waals surface area (Å²) < 4.78 is 40.2. The zero-order chi connectivity index (χ0) is 28.1. The van der Waals surface area contributed by atoms with Crippen LogP contribution in [0.5, 0.6) is 0 Å². The SMILES string of the molecule is COCC(O)CN(C)C1CCC(CNc2nc(N3CCOCC3)cc(-n3c(C(F)F)nc4ccccc43)n2)CC1. The number of fused-ring (bicyclic) bond motifs is 1. The van der Waals surface area contributed by atoms with E-state index < -0.39 is 12.5 Å². The molecule has 2 fully saturated rings. The first-order chi connectivity index (χ1) is 19.4. The van der Waals surface area contributed by atoms with Crippen LogP contribution in [0.4, 0.5) is 20.5 Å². The maximum Gasteiger partial charge on any atom is 0.296 e. The van der Waals surface area contributed by atoms with Crippen LogP contribution in [0.1, 0.15) is 37.9 Å². The van der Waals surface area contributed by atoms with Crippen LogP contribution in [0, 0.1) is 5.92 Å². The van der Waals surface area contributed by atoms with Crippen molar-refractivity contribution in [3.05, 3.63) is 36.2 Å². The molecule has 1 unspecified atom stereocenters. The molecule has 218 valence electrons. The van der Waals surface area contributed by atoms with Gasteiger partial charge in [0.25, 0.3) is 6.43 Å². The number of nitrogens with one attached hydrogen (secondary N) is 1. The summed E-state index contributed by atoms with van der Waals surface area (Å²) in [4.78, 5) is 18.0. The van der Waals surface area contributed by atoms with E-state index in [9.17, 15) is 13.9 Å². The highest BCUT2D eigenvalue weighted by molar-refractivity contribution is 5.78. The van der Waals surface area contributed by atoms with Gasteiger partial charge in [-0.05, 0) is 50.8 Å². The Labute approximate surface area is 233 Å². The number of methoxy groups -OCH3 is 1. The number of aliphatic hydroxyl groups excluding tert-OH is 1. The number of likely N-dealkylation sites (N-methyl/N-ethyl adjacent to an activating group) is 1. The third-order valence-electron chi connectivity index (χ3n) is 7.89. The number of hydrogen-bond acceptors (Lipinski definition) is 9. The number of para-hydroxylation sites is 2. The standard InChI is InChI=1S/C28H39F2N7O3/c1-35(17-21(38)18-39-2)20-9-7-19(8-10-20)16-31-28-33-24(36-11-13-40-14-12-36)15-25(34-28)37-23-6-4-3-5-22(23)32-27(37)26(29)30/h3-6,15,19-21,26,38H,7-14,16-18H2,1-2H3,(H,31,33,34). The summed E-state index contributed by atoms with van der Waals surface area (Å²) in [6.45, 7) is 4.12. The summed E-state index contributed by atoms with van der Waals surface area (Å²) in [6.07, 6.45) is 0.926. The van der Waals surface area contributed by atoms with Gasteiger partial charge in [0, 0.05) is 45.4 Å². The molecule has 1 saturated carbocycles. The van der Waals surface area contributed by atoms with Crippen molar-refractivity contribution in [2.24, 2.45) is 5.92 Å². The van der Waals surface area contributed by atoms with Crippen LogP contribution in [0.15, 0.2) is 30.3 Å². The van der Waals surface area contributed by atoms with Gasteiger partial charge < -0.3 is 29.7 Å². The van der Waals surface area contributed by atoms with Crippen molar-refractivity contribution in [1.82, 2.24) is 24.4 Å². The number of anilines is 2. The topological polar surface area (TPSA) is 101 Å². The normalized spacial score (nSPS) is 20.9. The molecule has 0 radical (unpaired) electrons. The monoisotopic (exact) mass is 559 g/mol. The van der Waals surface area contributed by atoms with Crippen molar-refractivity contribution < 1.29 is 23.4 Å². The van der Waals surface area contributed by atoms with E-state index in [2.05, 4.69) is 27.1 Å². The van der Waals surface area contributed by atoms with Crippen LogP contribution < -0.4 is 10.2 Å². The Morgan fingerprint density at radius 1 is 1.10 bits per heavy atom. The molecule has 5 rings (SSSR count). The number of ether oxygens (including phenoxy) is 2. The molecule has 1 aliphatic heterocycles. The molecule has 1 saturated heterocycles. The third-order valence-corrected chi connectivity index (χ3v) is 7.89. The van der Waals surface area contributed by atoms with Crippen LogP contribution in [-0.4, -0.2) is 102 Å². The van der Waals surface area contributed by atoms with E-state index in [1.54, 1.807) is 31.4 Å². The lowest BCUT2D eigenvalue weighted by molar-refractivity contribution is 0.0280. The van der Waals surface area contributed by atoms with Crippen LogP contribution in [-0.2, 0) is 9.47 Å². The highest BCUT2D eigenvalue weighted by atomic mass is 19.3. The molecule has 3 aromatic rings. The lowest BCUT2D eigenvalue weighted by Crippen LogP contribution is -2.41. The molecular formula is C28H39F2N7O3. The van der Waals surface area contributed by atoms with Crippen molar-refractivity contribution in [1.29, 1.82) is 0 Å². The molecule has 2 aliphatic rings. The molecule has 12 heteroatoms. The quantitative estimate of drug-likeness (QED) is 0.366. The second-order valence-electron chi connectivity index (χ2n) is 10.7. The predicted octanol–water partition coefficient (Wildman–Crippen LogP) is 3.50. The first kappa shape index (κ1) is 28.6. The zero-order valence-electron chi connectivity index (χ0n) is 23.2. The number of alkyl halides is 2. The van der Waals surface area contributed by atoms with E-state index in [0.29, 0.717) is 86.6 Å². The number of imidazole rings is 1. The van der Waals surface area contributed by atoms with Crippen molar-refractivity contribution in [3.63, 3.8) is 0 Å². The van der Waals surface area contributed by atoms with E-state index in [0.717, 1.165) is 25.7 Å². The van der Waals surface area contributed by atoms with Crippen molar-refractivity contribution in [3.8, 4) is 5.82 Å². The van der Waals surface area contributed by atoms with Crippen molar-refractivity contribution in [2.75, 3.05) is 70.4 Å². The summed E-state index contributed by atoms with van der Waals surface area (Å²) in [5.41, 5.74) is 1.07. The fourth-order valence-corrected chi connectivity index (χ4v) is 5.75. The third kappa shape index (κ3) is 6.68. The summed E-state index contributed by atoms with van der Waals surface area (Å²) in [5.74, 6) is 1.56. The number of nitrogens with zero attached hydrogens (tertiary/aromatic N) is 6. The van der Waals surface area contributed by atoms with Gasteiger partial charge in [-0.2, -0.15) is 9.97 Å². The van der Waals surface area contributed by atoms with Crippen LogP contribution >= 0.6 is 0 Å². The molecule has 2 aromatic heterocycles. The summed E-state index contributed by atoms with van der Waals surface area (Å²) >= 11 is 0. The predicted molar refractivity (Wildman–Crippen MR) is 149 cm³/mol. The van der Waals surface area contributed by atoms with Gasteiger partial charge in [0.15, 0.2) is 5.82 Å². The largest absolute Gasteiger partial charge is 0.389 e. The average molecular weight is 560 g/mol. The number of aromatic nitrogens is 4. The van der Waals surface area contributed by atoms with Gasteiger partial charge in [-0.3, -0.25) is 4.57 Å². The van der Waals surface area contributed by atoms with Crippen LogP contribution in [0.3, 0.4) is 0 Å². The van der Waals surface area contributed by atoms with E-state index >= 15 is 0 Å². The highest BCUT2D eigenvalue weighted by Crippen LogP contribution is 2.30. The van der Waals surface area contributed by atoms with Gasteiger partial charge in [-0.25, -0.2) is 13.8 Å². The smallest absolute Gasteiger partial charge is 0.296 e. The van der Waals surface area contributed by atoms with Gasteiger partial charge >= 0.3 is 0 Å². The molecule has 0 spiro atoms. The summed E-state index contributed by atoms with van der Waals surface area (Å²) in [7, 11) is 3.65. The van der Waals surface area contributed by atoms with Gasteiger partial charge in [-0.1, -0.05) is 12.1 Å². The Hall–Kier alpha value is -2.93. The molecule has 0 amide bonds. The molecule has 1 atom stereocenters. The van der Waals surface area contributed by atoms with E-state index in [1.165, 1.54) is 4.57 Å². The molecule has 10 nitrogen and oxygen atoms in total. The number of halogens is 2. The van der Waals surface area contributed by atoms with E-state index in [1.807, 2.05) is 6.07 Å². The fourth-order valence-electron chi connectivity index (χ4n) is 5.75. The highest BCUT2D eigenvalue weighted by Gasteiger charge is 2.26. The second kappa shape index (κ2) is 13.2. The number of hydrogen-bond donors (Lipinski definition) is 2. The number of rotatable bonds is 11. The Bertz CT molecular complexity index is 1250. The average Bonchev–Trinajstić information content (AvgIpc) is 3.37. The van der Waals surface area contributed by atoms with E-state index in [-0.39, 0.29) is 5.82 Å². The minimum Gasteiger partial charge on any atom is -0.389 e. The maximum absolute atomic E-state index is 14.1. The Kier molecular flexibility index (Phi) is 9.40. The number of morpholine rings is 1. The first-order valence-corrected chi connectivity index (χ1v) is 14.0. The van der Waals surface area contributed by atoms with Gasteiger partial charge in [0.05, 0.1) is 37.0 Å². The molecule has 2 N–H and O–H groups in total. The number of aliphatic hydroxyl groups is 1. The lowest BCUT2D eigenvalue weighted by atomic mass is 9.85. The summed E-state index contributed by atoms with van der Waals surface area (Å²) in [5, 5.41) is 13.5. The van der Waals surface area contributed by atoms with E-state index in [4.69, 9.17) is 19.4 Å².